The van der Waals surface area contributed by atoms with Crippen molar-refractivity contribution in [2.45, 2.75) is 172 Å². The van der Waals surface area contributed by atoms with Crippen molar-refractivity contribution in [3.63, 3.8) is 0 Å². The summed E-state index contributed by atoms with van der Waals surface area (Å²) >= 11 is 0. The van der Waals surface area contributed by atoms with Crippen LogP contribution in [0.25, 0.3) is 0 Å². The van der Waals surface area contributed by atoms with E-state index >= 15 is 4.79 Å². The number of pyridine rings is 1. The molecule has 4 saturated carbocycles. The van der Waals surface area contributed by atoms with Gasteiger partial charge in [0.2, 0.25) is 5.78 Å². The van der Waals surface area contributed by atoms with E-state index in [4.69, 9.17) is 23.5 Å². The lowest BCUT2D eigenvalue weighted by Crippen LogP contribution is -2.64. The molecule has 10 rings (SSSR count). The van der Waals surface area contributed by atoms with Crippen LogP contribution in [-0.2, 0) is 50.9 Å². The van der Waals surface area contributed by atoms with E-state index in [0.29, 0.717) is 43.4 Å². The number of benzene rings is 2. The number of nitrogens with one attached hydrogen (secondary N) is 1. The van der Waals surface area contributed by atoms with Crippen molar-refractivity contribution >= 4 is 43.7 Å². The zero-order valence-electron chi connectivity index (χ0n) is 48.2. The molecule has 19 heteroatoms. The van der Waals surface area contributed by atoms with Gasteiger partial charge in [-0.05, 0) is 143 Å². The molecule has 83 heavy (non-hydrogen) atoms. The molecule has 11 atom stereocenters. The highest BCUT2D eigenvalue weighted by Gasteiger charge is 2.76. The van der Waals surface area contributed by atoms with Gasteiger partial charge in [-0.15, -0.1) is 12.4 Å². The lowest BCUT2D eigenvalue weighted by atomic mass is 9.46. The Morgan fingerprint density at radius 2 is 1.70 bits per heavy atom. The molecule has 4 unspecified atom stereocenters. The number of halogens is 1. The Morgan fingerprint density at radius 3 is 2.48 bits per heavy atom. The van der Waals surface area contributed by atoms with Crippen LogP contribution in [0.1, 0.15) is 156 Å². The monoisotopic (exact) mass is 1190 g/mol. The summed E-state index contributed by atoms with van der Waals surface area (Å²) in [5.74, 6) is -1.73. The van der Waals surface area contributed by atoms with Crippen molar-refractivity contribution < 1.29 is 71.8 Å². The lowest BCUT2D eigenvalue weighted by Gasteiger charge is -2.59. The first-order valence-corrected chi connectivity index (χ1v) is 31.8. The average Bonchev–Trinajstić information content (AvgIpc) is 1.70. The lowest BCUT2D eigenvalue weighted by molar-refractivity contribution is -0.688. The molecule has 2 aromatic carbocycles. The van der Waals surface area contributed by atoms with E-state index in [0.717, 1.165) is 102 Å². The Hall–Kier alpha value is -4.65. The molecule has 0 spiro atoms. The van der Waals surface area contributed by atoms with Crippen LogP contribution in [0.2, 0.25) is 0 Å². The number of allylic oxidation sites excluding steroid dienone is 4. The Kier molecular flexibility index (Phi) is 20.7. The van der Waals surface area contributed by atoms with Gasteiger partial charge < -0.3 is 43.9 Å². The minimum atomic E-state index is -4.98. The number of ether oxygens (including phenoxy) is 4. The number of aromatic nitrogens is 1. The Labute approximate surface area is 494 Å². The number of ketones is 2. The predicted molar refractivity (Wildman–Crippen MR) is 311 cm³/mol. The van der Waals surface area contributed by atoms with Gasteiger partial charge in [0.15, 0.2) is 43.2 Å². The number of esters is 1. The van der Waals surface area contributed by atoms with Crippen molar-refractivity contribution in [1.82, 2.24) is 10.2 Å². The summed E-state index contributed by atoms with van der Waals surface area (Å²) in [7, 11) is -4.98. The smallest absolute Gasteiger partial charge is 0.456 e. The largest absolute Gasteiger partial charge is 0.524 e. The number of aliphatic hydroxyl groups excluding tert-OH is 2. The standard InChI is InChI=1S/C64H84N3O14P.ClH/c1-62-29-28-49(68)36-48(62)25-26-50-51-37-57-64(63(51,2)38-53(69)58(50)62,80-61(79-57)44-20-9-6-10-21-44)56(71)42-78-60(73)52-23-16-32-67(52)59(72)46-22-15-31-66(40-46)41-47-35-45(24-27-55(47)81-82(74,75)76)54(70)39-65-30-12-3-4-13-33-77-34-14-11-19-43-17-7-5-8-18-43;/h5,7-8,15,17-18,22,24,27-29,31,35-36,40,44,50-54,57-58,61,65,69-70H,3-4,6,9-14,16,19-21,23,25-26,30,32-34,37-39,41-42H2,1-2H3,(H-,74,75,76);1H/p+1/t50?,51?,52-,53-,54?,57+,58?,61+,62-,63-,64+;/m0./s1. The third-order valence-electron chi connectivity index (χ3n) is 19.6. The molecular formula is C64H86ClN3O14P+. The summed E-state index contributed by atoms with van der Waals surface area (Å²) < 4.78 is 44.6. The molecule has 7 aliphatic rings. The topological polar surface area (TPSA) is 232 Å². The molecule has 0 bridgehead atoms. The number of nitrogens with zero attached hydrogens (tertiary/aromatic N) is 2. The van der Waals surface area contributed by atoms with Gasteiger partial charge >= 0.3 is 13.8 Å². The quantitative estimate of drug-likeness (QED) is 0.0231. The highest BCUT2D eigenvalue weighted by molar-refractivity contribution is 7.46. The maximum atomic E-state index is 15.2. The van der Waals surface area contributed by atoms with E-state index < -0.39 is 79.2 Å². The normalized spacial score (nSPS) is 29.7. The maximum absolute atomic E-state index is 15.2. The average molecular weight is 1190 g/mol. The second-order valence-corrected chi connectivity index (χ2v) is 25.9. The van der Waals surface area contributed by atoms with Crippen LogP contribution in [0, 0.1) is 34.5 Å². The van der Waals surface area contributed by atoms with Gasteiger partial charge in [-0.2, -0.15) is 4.57 Å². The number of hydrogen-bond acceptors (Lipinski definition) is 13. The Balaban J connectivity index is 0.00000828. The molecule has 3 aromatic rings. The van der Waals surface area contributed by atoms with Crippen molar-refractivity contribution in [3.05, 3.63) is 119 Å². The van der Waals surface area contributed by atoms with Crippen molar-refractivity contribution in [2.24, 2.45) is 34.5 Å². The Bertz CT molecular complexity index is 2880. The number of amides is 1. The minimum absolute atomic E-state index is 0. The van der Waals surface area contributed by atoms with Gasteiger partial charge in [0.25, 0.3) is 5.91 Å². The summed E-state index contributed by atoms with van der Waals surface area (Å²) in [5, 5.41) is 26.8. The van der Waals surface area contributed by atoms with Gasteiger partial charge in [0.05, 0.1) is 23.9 Å². The van der Waals surface area contributed by atoms with Crippen molar-refractivity contribution in [1.29, 1.82) is 0 Å². The first kappa shape index (κ1) is 62.9. The number of rotatable bonds is 25. The highest BCUT2D eigenvalue weighted by Crippen LogP contribution is 2.70. The van der Waals surface area contributed by atoms with E-state index in [1.165, 1.54) is 16.5 Å². The molecule has 3 heterocycles. The van der Waals surface area contributed by atoms with Crippen LogP contribution < -0.4 is 14.4 Å². The summed E-state index contributed by atoms with van der Waals surface area (Å²) in [6.45, 7) is 6.35. The van der Waals surface area contributed by atoms with E-state index in [9.17, 15) is 38.9 Å². The first-order chi connectivity index (χ1) is 39.5. The van der Waals surface area contributed by atoms with Gasteiger partial charge in [-0.25, -0.2) is 9.36 Å². The number of unbranched alkanes of at least 4 members (excludes halogenated alkanes) is 4. The van der Waals surface area contributed by atoms with Crippen molar-refractivity contribution in [2.75, 3.05) is 39.5 Å². The molecule has 6 fully saturated rings. The zero-order chi connectivity index (χ0) is 57.7. The van der Waals surface area contributed by atoms with Crippen LogP contribution in [-0.4, -0.2) is 118 Å². The number of carbonyl (C=O) groups is 4. The molecule has 452 valence electrons. The summed E-state index contributed by atoms with van der Waals surface area (Å²) in [6.07, 6.45) is 21.1. The zero-order valence-corrected chi connectivity index (χ0v) is 49.9. The van der Waals surface area contributed by atoms with Crippen molar-refractivity contribution in [3.8, 4) is 5.75 Å². The number of phosphoric ester groups is 1. The summed E-state index contributed by atoms with van der Waals surface area (Å²) in [6, 6.07) is 17.4. The fourth-order valence-electron chi connectivity index (χ4n) is 15.5. The molecule has 0 radical (unpaired) electrons. The second-order valence-electron chi connectivity index (χ2n) is 24.8. The maximum Gasteiger partial charge on any atom is 0.524 e. The van der Waals surface area contributed by atoms with Gasteiger partial charge in [-0.3, -0.25) is 24.2 Å². The Morgan fingerprint density at radius 1 is 0.928 bits per heavy atom. The highest BCUT2D eigenvalue weighted by atomic mass is 35.5. The first-order valence-electron chi connectivity index (χ1n) is 30.3. The van der Waals surface area contributed by atoms with E-state index in [-0.39, 0.29) is 79.2 Å². The molecule has 1 aromatic heterocycles. The van der Waals surface area contributed by atoms with Gasteiger partial charge in [0, 0.05) is 55.0 Å². The number of aryl methyl sites for hydroxylation is 1. The van der Waals surface area contributed by atoms with E-state index in [2.05, 4.69) is 43.4 Å². The molecule has 1 amide bonds. The molecule has 2 aliphatic heterocycles. The third-order valence-corrected chi connectivity index (χ3v) is 20.0. The van der Waals surface area contributed by atoms with Crippen LogP contribution in [0.5, 0.6) is 5.75 Å². The molecule has 5 N–H and O–H groups in total. The van der Waals surface area contributed by atoms with Gasteiger partial charge in [-0.1, -0.05) is 94.0 Å². The van der Waals surface area contributed by atoms with E-state index in [1.807, 2.05) is 12.1 Å². The molecule has 17 nitrogen and oxygen atoms in total. The fraction of sp³-hybridized carbons (Fsp3) is 0.609. The predicted octanol–water partition coefficient (Wildman–Crippen LogP) is 8.80. The number of hydrogen-bond donors (Lipinski definition) is 5. The number of likely N-dealkylation sites (tertiary alicyclic amines) is 1. The van der Waals surface area contributed by atoms with Crippen LogP contribution >= 0.6 is 20.2 Å². The molecule has 5 aliphatic carbocycles. The van der Waals surface area contributed by atoms with Crippen LogP contribution in [0.15, 0.2) is 96.9 Å². The van der Waals surface area contributed by atoms with Crippen LogP contribution in [0.3, 0.4) is 0 Å². The summed E-state index contributed by atoms with van der Waals surface area (Å²) in [5.41, 5.74) is 0.678. The minimum Gasteiger partial charge on any atom is -0.456 e. The number of Topliss-reactive ketones (excluding diaryl/α,β-unsaturated/α-hetero) is 1. The fourth-order valence-corrected chi connectivity index (χ4v) is 15.9. The summed E-state index contributed by atoms with van der Waals surface area (Å²) in [4.78, 5) is 77.4. The number of phosphoric acid groups is 1. The second kappa shape index (κ2) is 27.4. The number of carbonyl (C=O) groups excluding carboxylic acids is 4. The molecular weight excluding hydrogens is 1100 g/mol. The van der Waals surface area contributed by atoms with E-state index in [1.54, 1.807) is 53.4 Å². The molecule has 2 saturated heterocycles. The van der Waals surface area contributed by atoms with Crippen LogP contribution in [0.4, 0.5) is 0 Å². The SMILES string of the molecule is C[C@]12C=CC(=O)C=C1CCC1C2[C@@H](O)C[C@@]2(C)C1C[C@H]1O[C@@H](C3CCCCC3)O[C@]12C(=O)COC(=O)[C@@H]1CCCN1C(=O)c1ccc[n+](Cc2cc(C(O)CNCCCCCCOCCCCc3ccccc3)ccc2OP(=O)(O)O)c1.Cl. The number of fused-ring (bicyclic) bond motifs is 7. The number of aliphatic hydroxyl groups is 2. The van der Waals surface area contributed by atoms with Gasteiger partial charge in [0.1, 0.15) is 17.4 Å². The third kappa shape index (κ3) is 13.8.